The average molecular weight is 260 g/mol. The SMILES string of the molecule is CCN1C(=O)COc2ccc(-c3nonc3N)cc21. The molecule has 0 radical (unpaired) electrons. The van der Waals surface area contributed by atoms with Gasteiger partial charge in [0.05, 0.1) is 5.69 Å². The van der Waals surface area contributed by atoms with Crippen LogP contribution in [0.4, 0.5) is 11.5 Å². The number of nitrogens with two attached hydrogens (primary N) is 1. The molecule has 1 aromatic heterocycles. The highest BCUT2D eigenvalue weighted by atomic mass is 16.6. The van der Waals surface area contributed by atoms with Crippen LogP contribution in [0.3, 0.4) is 0 Å². The third kappa shape index (κ3) is 1.79. The maximum absolute atomic E-state index is 11.8. The van der Waals surface area contributed by atoms with Gasteiger partial charge in [0, 0.05) is 12.1 Å². The molecule has 1 aliphatic rings. The molecular formula is C12H12N4O3. The molecule has 1 amide bonds. The number of aromatic nitrogens is 2. The minimum absolute atomic E-state index is 0.0633. The molecule has 2 heterocycles. The Labute approximate surface area is 108 Å². The minimum Gasteiger partial charge on any atom is -0.482 e. The molecule has 3 rings (SSSR count). The van der Waals surface area contributed by atoms with Crippen LogP contribution in [0.15, 0.2) is 22.8 Å². The second kappa shape index (κ2) is 4.27. The number of hydrogen-bond donors (Lipinski definition) is 1. The summed E-state index contributed by atoms with van der Waals surface area (Å²) in [4.78, 5) is 13.4. The summed E-state index contributed by atoms with van der Waals surface area (Å²) in [5.74, 6) is 0.810. The van der Waals surface area contributed by atoms with Crippen LogP contribution in [0.25, 0.3) is 11.3 Å². The van der Waals surface area contributed by atoms with Gasteiger partial charge in [-0.25, -0.2) is 4.63 Å². The summed E-state index contributed by atoms with van der Waals surface area (Å²) < 4.78 is 9.97. The standard InChI is InChI=1S/C12H12N4O3/c1-2-16-8-5-7(11-12(13)15-19-14-11)3-4-9(8)18-6-10(16)17/h3-5H,2,6H2,1H3,(H2,13,15). The van der Waals surface area contributed by atoms with Gasteiger partial charge in [-0.3, -0.25) is 4.79 Å². The fourth-order valence-electron chi connectivity index (χ4n) is 2.09. The van der Waals surface area contributed by atoms with Crippen LogP contribution in [0.5, 0.6) is 5.75 Å². The lowest BCUT2D eigenvalue weighted by molar-refractivity contribution is -0.121. The predicted octanol–water partition coefficient (Wildman–Crippen LogP) is 1.06. The smallest absolute Gasteiger partial charge is 0.265 e. The zero-order valence-electron chi connectivity index (χ0n) is 10.3. The largest absolute Gasteiger partial charge is 0.482 e. The summed E-state index contributed by atoms with van der Waals surface area (Å²) >= 11 is 0. The van der Waals surface area contributed by atoms with Crippen molar-refractivity contribution in [2.75, 3.05) is 23.8 Å². The molecule has 98 valence electrons. The molecule has 0 saturated carbocycles. The molecule has 19 heavy (non-hydrogen) atoms. The Balaban J connectivity index is 2.10. The van der Waals surface area contributed by atoms with E-state index >= 15 is 0 Å². The zero-order chi connectivity index (χ0) is 13.4. The van der Waals surface area contributed by atoms with E-state index in [1.807, 2.05) is 6.92 Å². The van der Waals surface area contributed by atoms with Crippen LogP contribution in [0.2, 0.25) is 0 Å². The number of nitrogen functional groups attached to an aromatic ring is 1. The fourth-order valence-corrected chi connectivity index (χ4v) is 2.09. The number of likely N-dealkylation sites (N-methyl/N-ethyl adjacent to an activating group) is 1. The first-order valence-corrected chi connectivity index (χ1v) is 5.86. The van der Waals surface area contributed by atoms with Gasteiger partial charge in [-0.2, -0.15) is 0 Å². The number of nitrogens with zero attached hydrogens (tertiary/aromatic N) is 3. The van der Waals surface area contributed by atoms with E-state index in [-0.39, 0.29) is 18.3 Å². The maximum atomic E-state index is 11.8. The molecule has 0 spiro atoms. The molecule has 0 atom stereocenters. The van der Waals surface area contributed by atoms with Crippen LogP contribution < -0.4 is 15.4 Å². The summed E-state index contributed by atoms with van der Waals surface area (Å²) in [5, 5.41) is 7.29. The summed E-state index contributed by atoms with van der Waals surface area (Å²) in [5.41, 5.74) is 7.56. The fraction of sp³-hybridized carbons (Fsp3) is 0.250. The average Bonchev–Trinajstić information content (AvgIpc) is 2.84. The number of hydrogen-bond acceptors (Lipinski definition) is 6. The molecule has 7 nitrogen and oxygen atoms in total. The molecule has 7 heteroatoms. The summed E-state index contributed by atoms with van der Waals surface area (Å²) in [6.45, 7) is 2.55. The summed E-state index contributed by atoms with van der Waals surface area (Å²) in [6.07, 6.45) is 0. The maximum Gasteiger partial charge on any atom is 0.265 e. The summed E-state index contributed by atoms with van der Waals surface area (Å²) in [6, 6.07) is 5.39. The van der Waals surface area contributed by atoms with Gasteiger partial charge in [0.15, 0.2) is 18.1 Å². The van der Waals surface area contributed by atoms with Crippen molar-refractivity contribution in [3.63, 3.8) is 0 Å². The Kier molecular flexibility index (Phi) is 2.59. The van der Waals surface area contributed by atoms with E-state index in [1.54, 1.807) is 23.1 Å². The van der Waals surface area contributed by atoms with Gasteiger partial charge in [-0.15, -0.1) is 0 Å². The van der Waals surface area contributed by atoms with Crippen LogP contribution in [0.1, 0.15) is 6.92 Å². The molecule has 0 unspecified atom stereocenters. The molecule has 0 bridgehead atoms. The van der Waals surface area contributed by atoms with Crippen LogP contribution in [-0.4, -0.2) is 29.4 Å². The Hall–Kier alpha value is -2.57. The van der Waals surface area contributed by atoms with Crippen molar-refractivity contribution in [3.8, 4) is 17.0 Å². The molecule has 2 aromatic rings. The quantitative estimate of drug-likeness (QED) is 0.867. The number of amides is 1. The number of rotatable bonds is 2. The van der Waals surface area contributed by atoms with Crippen molar-refractivity contribution in [1.82, 2.24) is 10.3 Å². The van der Waals surface area contributed by atoms with E-state index in [0.29, 0.717) is 23.7 Å². The molecule has 0 aliphatic carbocycles. The third-order valence-corrected chi connectivity index (χ3v) is 3.01. The van der Waals surface area contributed by atoms with Crippen molar-refractivity contribution < 1.29 is 14.2 Å². The Morgan fingerprint density at radius 1 is 1.42 bits per heavy atom. The van der Waals surface area contributed by atoms with Gasteiger partial charge in [0.1, 0.15) is 5.75 Å². The van der Waals surface area contributed by atoms with Crippen LogP contribution in [-0.2, 0) is 4.79 Å². The van der Waals surface area contributed by atoms with E-state index < -0.39 is 0 Å². The number of carbonyl (C=O) groups is 1. The number of benzene rings is 1. The number of ether oxygens (including phenoxy) is 1. The van der Waals surface area contributed by atoms with Crippen molar-refractivity contribution in [3.05, 3.63) is 18.2 Å². The van der Waals surface area contributed by atoms with Gasteiger partial charge in [-0.1, -0.05) is 0 Å². The lowest BCUT2D eigenvalue weighted by Gasteiger charge is -2.28. The van der Waals surface area contributed by atoms with Crippen molar-refractivity contribution in [1.29, 1.82) is 0 Å². The predicted molar refractivity (Wildman–Crippen MR) is 67.7 cm³/mol. The van der Waals surface area contributed by atoms with Crippen molar-refractivity contribution in [2.24, 2.45) is 0 Å². The first kappa shape index (κ1) is 11.5. The van der Waals surface area contributed by atoms with Gasteiger partial charge < -0.3 is 15.4 Å². The first-order chi connectivity index (χ1) is 9.20. The van der Waals surface area contributed by atoms with Crippen molar-refractivity contribution >= 4 is 17.4 Å². The Morgan fingerprint density at radius 2 is 2.26 bits per heavy atom. The number of carbonyl (C=O) groups excluding carboxylic acids is 1. The highest BCUT2D eigenvalue weighted by Gasteiger charge is 2.25. The van der Waals surface area contributed by atoms with Gasteiger partial charge in [0.25, 0.3) is 5.91 Å². The van der Waals surface area contributed by atoms with Gasteiger partial charge in [0.2, 0.25) is 0 Å². The molecule has 2 N–H and O–H groups in total. The molecule has 1 aliphatic heterocycles. The Morgan fingerprint density at radius 3 is 2.95 bits per heavy atom. The number of anilines is 2. The Bertz CT molecular complexity index is 638. The molecular weight excluding hydrogens is 248 g/mol. The second-order valence-electron chi connectivity index (χ2n) is 4.11. The highest BCUT2D eigenvalue weighted by molar-refractivity contribution is 5.98. The molecule has 0 saturated heterocycles. The third-order valence-electron chi connectivity index (χ3n) is 3.01. The molecule has 1 aromatic carbocycles. The normalized spacial score (nSPS) is 14.2. The van der Waals surface area contributed by atoms with Crippen LogP contribution >= 0.6 is 0 Å². The topological polar surface area (TPSA) is 94.5 Å². The van der Waals surface area contributed by atoms with Gasteiger partial charge in [-0.05, 0) is 35.4 Å². The van der Waals surface area contributed by atoms with E-state index in [2.05, 4.69) is 14.9 Å². The number of fused-ring (bicyclic) bond motifs is 1. The van der Waals surface area contributed by atoms with E-state index in [9.17, 15) is 4.79 Å². The molecule has 0 fully saturated rings. The van der Waals surface area contributed by atoms with E-state index in [0.717, 1.165) is 5.56 Å². The van der Waals surface area contributed by atoms with Crippen LogP contribution in [0, 0.1) is 0 Å². The lowest BCUT2D eigenvalue weighted by Crippen LogP contribution is -2.38. The van der Waals surface area contributed by atoms with Gasteiger partial charge >= 0.3 is 0 Å². The highest BCUT2D eigenvalue weighted by Crippen LogP contribution is 2.36. The van der Waals surface area contributed by atoms with E-state index in [1.165, 1.54) is 0 Å². The minimum atomic E-state index is -0.0709. The zero-order valence-corrected chi connectivity index (χ0v) is 10.3. The second-order valence-corrected chi connectivity index (χ2v) is 4.11. The van der Waals surface area contributed by atoms with E-state index in [4.69, 9.17) is 10.5 Å². The first-order valence-electron chi connectivity index (χ1n) is 5.86. The monoisotopic (exact) mass is 260 g/mol. The van der Waals surface area contributed by atoms with Crippen molar-refractivity contribution in [2.45, 2.75) is 6.92 Å². The summed E-state index contributed by atoms with van der Waals surface area (Å²) in [7, 11) is 0. The lowest BCUT2D eigenvalue weighted by atomic mass is 10.1.